The van der Waals surface area contributed by atoms with E-state index in [0.717, 1.165) is 0 Å². The topological polar surface area (TPSA) is 96.2 Å². The van der Waals surface area contributed by atoms with Gasteiger partial charge >= 0.3 is 5.97 Å². The summed E-state index contributed by atoms with van der Waals surface area (Å²) < 4.78 is 5.59. The number of carboxylic acids is 1. The summed E-state index contributed by atoms with van der Waals surface area (Å²) >= 11 is 1.21. The summed E-state index contributed by atoms with van der Waals surface area (Å²) in [5.41, 5.74) is 0.423. The summed E-state index contributed by atoms with van der Waals surface area (Å²) in [5.74, 6) is -0.422. The molecule has 0 fully saturated rings. The lowest BCUT2D eigenvalue weighted by Gasteiger charge is -1.99. The van der Waals surface area contributed by atoms with E-state index in [1.165, 1.54) is 24.0 Å². The van der Waals surface area contributed by atoms with Gasteiger partial charge in [0.05, 0.1) is 5.75 Å². The van der Waals surface area contributed by atoms with Gasteiger partial charge in [-0.2, -0.15) is 0 Å². The second-order valence-electron chi connectivity index (χ2n) is 4.23. The second-order valence-corrected chi connectivity index (χ2v) is 5.19. The molecule has 0 aliphatic carbocycles. The van der Waals surface area contributed by atoms with E-state index >= 15 is 0 Å². The highest BCUT2D eigenvalue weighted by molar-refractivity contribution is 7.98. The summed E-state index contributed by atoms with van der Waals surface area (Å²) in [4.78, 5) is 29.2. The van der Waals surface area contributed by atoms with Crippen molar-refractivity contribution in [3.05, 3.63) is 58.2 Å². The number of nitrogens with one attached hydrogen (secondary N) is 1. The number of thioether (sulfide) groups is 1. The molecule has 3 aromatic rings. The van der Waals surface area contributed by atoms with Crippen LogP contribution in [-0.2, 0) is 5.75 Å². The average Bonchev–Trinajstić information content (AvgIpc) is 2.83. The number of H-pyrrole nitrogens is 1. The average molecular weight is 302 g/mol. The first kappa shape index (κ1) is 13.4. The van der Waals surface area contributed by atoms with Gasteiger partial charge in [0.25, 0.3) is 5.56 Å². The lowest BCUT2D eigenvalue weighted by molar-refractivity contribution is 0.0697. The highest BCUT2D eigenvalue weighted by Gasteiger charge is 2.20. The summed E-state index contributed by atoms with van der Waals surface area (Å²) in [6.45, 7) is 0. The monoisotopic (exact) mass is 302 g/mol. The van der Waals surface area contributed by atoms with Gasteiger partial charge in [-0.3, -0.25) is 4.79 Å². The Morgan fingerprint density at radius 2 is 2.14 bits per heavy atom. The number of hydrogen-bond donors (Lipinski definition) is 2. The Morgan fingerprint density at radius 3 is 2.90 bits per heavy atom. The zero-order valence-electron chi connectivity index (χ0n) is 10.7. The molecule has 0 amide bonds. The van der Waals surface area contributed by atoms with Crippen LogP contribution in [0.4, 0.5) is 0 Å². The Morgan fingerprint density at radius 1 is 1.33 bits per heavy atom. The number of benzene rings is 1. The number of rotatable bonds is 4. The third-order valence-electron chi connectivity index (χ3n) is 2.87. The number of aromatic carboxylic acids is 1. The molecule has 0 radical (unpaired) electrons. The fourth-order valence-electron chi connectivity index (χ4n) is 1.99. The van der Waals surface area contributed by atoms with E-state index in [9.17, 15) is 14.7 Å². The Kier molecular flexibility index (Phi) is 3.49. The minimum Gasteiger partial charge on any atom is -0.478 e. The van der Waals surface area contributed by atoms with Gasteiger partial charge in [-0.25, -0.2) is 9.78 Å². The molecule has 0 atom stereocenters. The van der Waals surface area contributed by atoms with E-state index in [1.54, 1.807) is 24.3 Å². The predicted molar refractivity (Wildman–Crippen MR) is 77.6 cm³/mol. The lowest BCUT2D eigenvalue weighted by atomic mass is 10.1. The van der Waals surface area contributed by atoms with Gasteiger partial charge in [0, 0.05) is 17.6 Å². The largest absolute Gasteiger partial charge is 0.478 e. The summed E-state index contributed by atoms with van der Waals surface area (Å²) in [6, 6.07) is 8.29. The molecule has 2 heterocycles. The van der Waals surface area contributed by atoms with Gasteiger partial charge < -0.3 is 14.5 Å². The number of fused-ring (bicyclic) bond motifs is 1. The van der Waals surface area contributed by atoms with Crippen molar-refractivity contribution < 1.29 is 14.3 Å². The Labute approximate surface area is 122 Å². The molecule has 0 aliphatic rings. The highest BCUT2D eigenvalue weighted by Crippen LogP contribution is 2.29. The molecule has 0 saturated carbocycles. The maximum absolute atomic E-state index is 11.4. The highest BCUT2D eigenvalue weighted by atomic mass is 32.2. The van der Waals surface area contributed by atoms with Crippen molar-refractivity contribution in [2.45, 2.75) is 10.9 Å². The molecule has 0 spiro atoms. The smallest absolute Gasteiger partial charge is 0.339 e. The lowest BCUT2D eigenvalue weighted by Crippen LogP contribution is -2.05. The van der Waals surface area contributed by atoms with Crippen LogP contribution < -0.4 is 5.56 Å². The molecule has 0 aliphatic heterocycles. The van der Waals surface area contributed by atoms with E-state index in [0.29, 0.717) is 21.9 Å². The summed E-state index contributed by atoms with van der Waals surface area (Å²) in [5, 5.41) is 10.3. The normalized spacial score (nSPS) is 10.9. The molecule has 3 rings (SSSR count). The van der Waals surface area contributed by atoms with Crippen LogP contribution in [0.1, 0.15) is 16.1 Å². The molecule has 0 saturated heterocycles. The third kappa shape index (κ3) is 2.68. The van der Waals surface area contributed by atoms with E-state index in [1.807, 2.05) is 0 Å². The molecule has 0 unspecified atom stereocenters. The molecule has 7 heteroatoms. The molecular weight excluding hydrogens is 292 g/mol. The second kappa shape index (κ2) is 5.45. The quantitative estimate of drug-likeness (QED) is 0.568. The number of nitrogens with zero attached hydrogens (tertiary/aromatic N) is 1. The standard InChI is InChI=1S/C14H10N2O4S/c17-11-5-6-15-14(16-11)21-7-10-12(13(18)19)8-3-1-2-4-9(8)20-10/h1-6H,7H2,(H,18,19)(H,15,16,17). The van der Waals surface area contributed by atoms with Gasteiger partial charge in [-0.1, -0.05) is 30.0 Å². The molecule has 2 N–H and O–H groups in total. The van der Waals surface area contributed by atoms with Crippen LogP contribution in [0.25, 0.3) is 11.0 Å². The van der Waals surface area contributed by atoms with E-state index in [-0.39, 0.29) is 16.9 Å². The first-order valence-corrected chi connectivity index (χ1v) is 7.05. The Balaban J connectivity index is 1.95. The number of aromatic amines is 1. The van der Waals surface area contributed by atoms with E-state index in [4.69, 9.17) is 4.42 Å². The van der Waals surface area contributed by atoms with Crippen molar-refractivity contribution in [2.75, 3.05) is 0 Å². The van der Waals surface area contributed by atoms with Crippen molar-refractivity contribution in [1.82, 2.24) is 9.97 Å². The molecule has 106 valence electrons. The van der Waals surface area contributed by atoms with Crippen molar-refractivity contribution >= 4 is 28.7 Å². The SMILES string of the molecule is O=C(O)c1c(CSc2nccc(=O)[nH]2)oc2ccccc12. The maximum atomic E-state index is 11.4. The number of hydrogen-bond acceptors (Lipinski definition) is 5. The van der Waals surface area contributed by atoms with Gasteiger partial charge in [-0.05, 0) is 6.07 Å². The van der Waals surface area contributed by atoms with E-state index < -0.39 is 5.97 Å². The van der Waals surface area contributed by atoms with Crippen molar-refractivity contribution in [1.29, 1.82) is 0 Å². The Hall–Kier alpha value is -2.54. The van der Waals surface area contributed by atoms with Gasteiger partial charge in [0.2, 0.25) is 0 Å². The van der Waals surface area contributed by atoms with Crippen LogP contribution in [0, 0.1) is 0 Å². The number of furan rings is 1. The minimum absolute atomic E-state index is 0.149. The fourth-order valence-corrected chi connectivity index (χ4v) is 2.77. The van der Waals surface area contributed by atoms with Crippen LogP contribution in [0.3, 0.4) is 0 Å². The first-order chi connectivity index (χ1) is 10.1. The van der Waals surface area contributed by atoms with Crippen molar-refractivity contribution in [3.63, 3.8) is 0 Å². The van der Waals surface area contributed by atoms with Gasteiger partial charge in [0.15, 0.2) is 5.16 Å². The predicted octanol–water partition coefficient (Wildman–Crippen LogP) is 2.51. The van der Waals surface area contributed by atoms with Crippen LogP contribution in [0.2, 0.25) is 0 Å². The number of para-hydroxylation sites is 1. The number of carboxylic acid groups (broad SMARTS) is 1. The van der Waals surface area contributed by atoms with Gasteiger partial charge in [0.1, 0.15) is 16.9 Å². The summed E-state index contributed by atoms with van der Waals surface area (Å²) in [6.07, 6.45) is 1.40. The van der Waals surface area contributed by atoms with E-state index in [2.05, 4.69) is 9.97 Å². The van der Waals surface area contributed by atoms with Crippen LogP contribution in [0.15, 0.2) is 50.9 Å². The van der Waals surface area contributed by atoms with Crippen LogP contribution in [-0.4, -0.2) is 21.0 Å². The Bertz CT molecular complexity index is 869. The maximum Gasteiger partial charge on any atom is 0.339 e. The summed E-state index contributed by atoms with van der Waals surface area (Å²) in [7, 11) is 0. The zero-order valence-corrected chi connectivity index (χ0v) is 11.5. The van der Waals surface area contributed by atoms with Crippen LogP contribution >= 0.6 is 11.8 Å². The molecular formula is C14H10N2O4S. The van der Waals surface area contributed by atoms with Crippen molar-refractivity contribution in [2.24, 2.45) is 0 Å². The van der Waals surface area contributed by atoms with Gasteiger partial charge in [-0.15, -0.1) is 0 Å². The molecule has 1 aromatic carbocycles. The molecule has 0 bridgehead atoms. The zero-order chi connectivity index (χ0) is 14.8. The number of carbonyl (C=O) groups is 1. The third-order valence-corrected chi connectivity index (χ3v) is 3.76. The first-order valence-electron chi connectivity index (χ1n) is 6.07. The number of aromatic nitrogens is 2. The molecule has 21 heavy (non-hydrogen) atoms. The minimum atomic E-state index is -1.04. The fraction of sp³-hybridized carbons (Fsp3) is 0.0714. The van der Waals surface area contributed by atoms with Crippen molar-refractivity contribution in [3.8, 4) is 0 Å². The van der Waals surface area contributed by atoms with Crippen LogP contribution in [0.5, 0.6) is 0 Å². The molecule has 2 aromatic heterocycles. The molecule has 6 nitrogen and oxygen atoms in total.